The van der Waals surface area contributed by atoms with Crippen molar-refractivity contribution in [2.75, 3.05) is 25.0 Å². The maximum Gasteiger partial charge on any atom is 0.273 e. The highest BCUT2D eigenvalue weighted by molar-refractivity contribution is 5.39. The normalized spacial score (nSPS) is 18.0. The molecule has 1 N–H and O–H groups in total. The van der Waals surface area contributed by atoms with Crippen LogP contribution in [0.25, 0.3) is 0 Å². The summed E-state index contributed by atoms with van der Waals surface area (Å²) in [5.41, 5.74) is 0.999. The van der Waals surface area contributed by atoms with Crippen molar-refractivity contribution in [3.05, 3.63) is 64.3 Å². The van der Waals surface area contributed by atoms with Crippen LogP contribution in [0.4, 0.5) is 11.5 Å². The minimum Gasteiger partial charge on any atom is -0.370 e. The first kappa shape index (κ1) is 15.4. The van der Waals surface area contributed by atoms with Crippen LogP contribution in [0.5, 0.6) is 0 Å². The van der Waals surface area contributed by atoms with Crippen LogP contribution in [-0.2, 0) is 6.54 Å². The number of nitrogens with zero attached hydrogens (tertiary/aromatic N) is 3. The Bertz CT molecular complexity index is 663. The van der Waals surface area contributed by atoms with Gasteiger partial charge in [0.2, 0.25) is 0 Å². The lowest BCUT2D eigenvalue weighted by Gasteiger charge is -2.16. The number of hydrogen-bond acceptors (Lipinski definition) is 5. The number of nitrogens with one attached hydrogen (secondary N) is 1. The summed E-state index contributed by atoms with van der Waals surface area (Å²) in [7, 11) is 0. The number of nitro benzene ring substituents is 1. The summed E-state index contributed by atoms with van der Waals surface area (Å²) < 4.78 is 0. The van der Waals surface area contributed by atoms with E-state index in [1.807, 2.05) is 30.3 Å². The monoisotopic (exact) mass is 312 g/mol. The minimum absolute atomic E-state index is 0.211. The summed E-state index contributed by atoms with van der Waals surface area (Å²) in [6.07, 6.45) is 2.87. The third kappa shape index (κ3) is 4.04. The van der Waals surface area contributed by atoms with Crippen molar-refractivity contribution in [3.63, 3.8) is 0 Å². The number of hydrogen-bond donors (Lipinski definition) is 1. The Hall–Kier alpha value is -2.47. The van der Waals surface area contributed by atoms with Crippen LogP contribution < -0.4 is 5.32 Å². The first-order valence-electron chi connectivity index (χ1n) is 7.82. The van der Waals surface area contributed by atoms with Gasteiger partial charge in [-0.2, -0.15) is 0 Å². The molecule has 0 radical (unpaired) electrons. The third-order valence-corrected chi connectivity index (χ3v) is 4.19. The van der Waals surface area contributed by atoms with E-state index in [9.17, 15) is 10.1 Å². The van der Waals surface area contributed by atoms with Crippen LogP contribution in [-0.4, -0.2) is 34.4 Å². The zero-order valence-corrected chi connectivity index (χ0v) is 12.9. The predicted octanol–water partition coefficient (Wildman–Crippen LogP) is 2.92. The number of benzene rings is 1. The van der Waals surface area contributed by atoms with Crippen molar-refractivity contribution >= 4 is 11.5 Å². The Labute approximate surface area is 135 Å². The predicted molar refractivity (Wildman–Crippen MR) is 89.2 cm³/mol. The number of anilines is 1. The molecule has 0 unspecified atom stereocenters. The molecule has 2 aromatic rings. The molecule has 0 amide bonds. The average molecular weight is 312 g/mol. The van der Waals surface area contributed by atoms with Gasteiger partial charge >= 0.3 is 0 Å². The molecule has 0 saturated carbocycles. The third-order valence-electron chi connectivity index (χ3n) is 4.19. The van der Waals surface area contributed by atoms with Gasteiger partial charge in [0.15, 0.2) is 0 Å². The van der Waals surface area contributed by atoms with Crippen molar-refractivity contribution in [2.45, 2.75) is 13.0 Å². The number of aromatic nitrogens is 1. The largest absolute Gasteiger partial charge is 0.370 e. The molecule has 1 aliphatic rings. The number of likely N-dealkylation sites (tertiary alicyclic amines) is 1. The van der Waals surface area contributed by atoms with Crippen molar-refractivity contribution in [3.8, 4) is 0 Å². The van der Waals surface area contributed by atoms with Crippen molar-refractivity contribution in [1.29, 1.82) is 0 Å². The first-order valence-corrected chi connectivity index (χ1v) is 7.82. The summed E-state index contributed by atoms with van der Waals surface area (Å²) in [5, 5.41) is 14.4. The molecule has 23 heavy (non-hydrogen) atoms. The highest BCUT2D eigenvalue weighted by Gasteiger charge is 2.24. The van der Waals surface area contributed by atoms with Gasteiger partial charge in [0.25, 0.3) is 5.69 Å². The maximum atomic E-state index is 11.1. The fraction of sp³-hybridized carbons (Fsp3) is 0.353. The lowest BCUT2D eigenvalue weighted by molar-refractivity contribution is -0.385. The summed E-state index contributed by atoms with van der Waals surface area (Å²) >= 11 is 0. The topological polar surface area (TPSA) is 71.3 Å². The van der Waals surface area contributed by atoms with Gasteiger partial charge in [0, 0.05) is 37.5 Å². The van der Waals surface area contributed by atoms with Crippen LogP contribution in [0.1, 0.15) is 12.0 Å². The molecule has 1 aromatic carbocycles. The van der Waals surface area contributed by atoms with E-state index in [4.69, 9.17) is 0 Å². The number of rotatable bonds is 6. The van der Waals surface area contributed by atoms with Crippen LogP contribution in [0.15, 0.2) is 48.7 Å². The zero-order chi connectivity index (χ0) is 16.1. The van der Waals surface area contributed by atoms with Gasteiger partial charge in [0.05, 0.1) is 4.92 Å². The molecule has 3 rings (SSSR count). The molecular weight excluding hydrogens is 292 g/mol. The molecule has 1 fully saturated rings. The molecular formula is C17H20N4O2. The second-order valence-electron chi connectivity index (χ2n) is 5.87. The van der Waals surface area contributed by atoms with Gasteiger partial charge in [-0.1, -0.05) is 24.3 Å². The second-order valence-corrected chi connectivity index (χ2v) is 5.87. The van der Waals surface area contributed by atoms with Gasteiger partial charge in [-0.15, -0.1) is 0 Å². The molecule has 0 aliphatic carbocycles. The van der Waals surface area contributed by atoms with E-state index >= 15 is 0 Å². The molecule has 0 spiro atoms. The van der Waals surface area contributed by atoms with Crippen molar-refractivity contribution < 1.29 is 4.92 Å². The van der Waals surface area contributed by atoms with E-state index in [0.717, 1.165) is 37.4 Å². The standard InChI is InChI=1S/C17H20N4O2/c22-21(23)16-6-2-1-5-15(16)13-20-10-8-14(12-20)11-19-17-7-3-4-9-18-17/h1-7,9,14H,8,10-13H2,(H,18,19)/t14-/m1/s1. The number of nitro groups is 1. The zero-order valence-electron chi connectivity index (χ0n) is 12.9. The molecule has 1 aliphatic heterocycles. The molecule has 120 valence electrons. The quantitative estimate of drug-likeness (QED) is 0.656. The molecule has 1 saturated heterocycles. The second kappa shape index (κ2) is 7.19. The van der Waals surface area contributed by atoms with Crippen LogP contribution >= 0.6 is 0 Å². The molecule has 6 heteroatoms. The first-order chi connectivity index (χ1) is 11.2. The van der Waals surface area contributed by atoms with E-state index in [2.05, 4.69) is 15.2 Å². The molecule has 6 nitrogen and oxygen atoms in total. The number of pyridine rings is 1. The molecule has 1 atom stereocenters. The van der Waals surface area contributed by atoms with E-state index in [0.29, 0.717) is 12.5 Å². The van der Waals surface area contributed by atoms with Gasteiger partial charge in [-0.05, 0) is 31.0 Å². The van der Waals surface area contributed by atoms with E-state index < -0.39 is 0 Å². The summed E-state index contributed by atoms with van der Waals surface area (Å²) in [6.45, 7) is 3.44. The summed E-state index contributed by atoms with van der Waals surface area (Å²) in [6, 6.07) is 12.8. The van der Waals surface area contributed by atoms with Crippen molar-refractivity contribution in [1.82, 2.24) is 9.88 Å². The number of para-hydroxylation sites is 1. The minimum atomic E-state index is -0.300. The Balaban J connectivity index is 1.53. The fourth-order valence-electron chi connectivity index (χ4n) is 3.00. The lowest BCUT2D eigenvalue weighted by atomic mass is 10.1. The Morgan fingerprint density at radius 2 is 2.09 bits per heavy atom. The van der Waals surface area contributed by atoms with Gasteiger partial charge in [-0.3, -0.25) is 15.0 Å². The SMILES string of the molecule is O=[N+]([O-])c1ccccc1CN1CC[C@H](CNc2ccccn2)C1. The Morgan fingerprint density at radius 3 is 2.87 bits per heavy atom. The lowest BCUT2D eigenvalue weighted by Crippen LogP contribution is -2.23. The molecule has 1 aromatic heterocycles. The van der Waals surface area contributed by atoms with E-state index in [1.54, 1.807) is 18.3 Å². The fourth-order valence-corrected chi connectivity index (χ4v) is 3.00. The smallest absolute Gasteiger partial charge is 0.273 e. The van der Waals surface area contributed by atoms with Crippen molar-refractivity contribution in [2.24, 2.45) is 5.92 Å². The van der Waals surface area contributed by atoms with Crippen LogP contribution in [0.3, 0.4) is 0 Å². The maximum absolute atomic E-state index is 11.1. The van der Waals surface area contributed by atoms with E-state index in [1.165, 1.54) is 0 Å². The van der Waals surface area contributed by atoms with E-state index in [-0.39, 0.29) is 10.6 Å². The highest BCUT2D eigenvalue weighted by Crippen LogP contribution is 2.24. The van der Waals surface area contributed by atoms with Crippen LogP contribution in [0, 0.1) is 16.0 Å². The van der Waals surface area contributed by atoms with Gasteiger partial charge in [-0.25, -0.2) is 4.98 Å². The van der Waals surface area contributed by atoms with Crippen LogP contribution in [0.2, 0.25) is 0 Å². The van der Waals surface area contributed by atoms with Gasteiger partial charge < -0.3 is 5.32 Å². The average Bonchev–Trinajstić information content (AvgIpc) is 3.02. The summed E-state index contributed by atoms with van der Waals surface area (Å²) in [4.78, 5) is 17.3. The Morgan fingerprint density at radius 1 is 1.26 bits per heavy atom. The molecule has 0 bridgehead atoms. The Kier molecular flexibility index (Phi) is 4.83. The van der Waals surface area contributed by atoms with Gasteiger partial charge in [0.1, 0.15) is 5.82 Å². The highest BCUT2D eigenvalue weighted by atomic mass is 16.6. The molecule has 2 heterocycles. The summed E-state index contributed by atoms with van der Waals surface area (Å²) in [5.74, 6) is 1.43.